The molecule has 3 rings (SSSR count). The van der Waals surface area contributed by atoms with Crippen LogP contribution in [0, 0.1) is 6.92 Å². The number of anilines is 2. The Morgan fingerprint density at radius 3 is 3.00 bits per heavy atom. The summed E-state index contributed by atoms with van der Waals surface area (Å²) in [5.41, 5.74) is 1.80. The van der Waals surface area contributed by atoms with Crippen molar-refractivity contribution in [3.05, 3.63) is 48.2 Å². The monoisotopic (exact) mass is 313 g/mol. The van der Waals surface area contributed by atoms with Crippen LogP contribution < -0.4 is 10.2 Å². The number of para-hydroxylation sites is 1. The van der Waals surface area contributed by atoms with Gasteiger partial charge in [0.2, 0.25) is 11.8 Å². The zero-order valence-corrected chi connectivity index (χ0v) is 12.9. The summed E-state index contributed by atoms with van der Waals surface area (Å²) in [6.45, 7) is 1.92. The first-order valence-corrected chi connectivity index (χ1v) is 7.87. The number of amides is 2. The molecule has 0 unspecified atom stereocenters. The van der Waals surface area contributed by atoms with Crippen LogP contribution in [0.25, 0.3) is 0 Å². The summed E-state index contributed by atoms with van der Waals surface area (Å²) < 4.78 is 0. The quantitative estimate of drug-likeness (QED) is 0.945. The maximum Gasteiger partial charge on any atom is 0.245 e. The van der Waals surface area contributed by atoms with E-state index in [2.05, 4.69) is 10.3 Å². The van der Waals surface area contributed by atoms with E-state index in [0.717, 1.165) is 16.1 Å². The van der Waals surface area contributed by atoms with Crippen molar-refractivity contribution in [1.82, 2.24) is 4.98 Å². The minimum Gasteiger partial charge on any atom is -0.309 e. The number of carbonyl (C=O) groups is 2. The molecule has 1 aliphatic heterocycles. The molecule has 0 saturated heterocycles. The Labute approximate surface area is 132 Å². The van der Waals surface area contributed by atoms with Gasteiger partial charge in [0.1, 0.15) is 12.4 Å². The van der Waals surface area contributed by atoms with Crippen molar-refractivity contribution in [2.75, 3.05) is 22.5 Å². The fourth-order valence-corrected chi connectivity index (χ4v) is 3.19. The minimum absolute atomic E-state index is 0.00791. The number of hydrogen-bond donors (Lipinski definition) is 1. The molecule has 0 atom stereocenters. The number of aromatic nitrogens is 1. The highest BCUT2D eigenvalue weighted by Crippen LogP contribution is 2.34. The number of carbonyl (C=O) groups excluding carboxylic acids is 2. The van der Waals surface area contributed by atoms with E-state index >= 15 is 0 Å². The molecule has 1 N–H and O–H groups in total. The molecule has 2 aromatic rings. The predicted molar refractivity (Wildman–Crippen MR) is 87.1 cm³/mol. The lowest BCUT2D eigenvalue weighted by atomic mass is 10.2. The molecule has 5 nitrogen and oxygen atoms in total. The van der Waals surface area contributed by atoms with E-state index in [1.54, 1.807) is 12.3 Å². The first-order chi connectivity index (χ1) is 10.6. The second-order valence-electron chi connectivity index (χ2n) is 5.00. The van der Waals surface area contributed by atoms with Crippen LogP contribution in [0.5, 0.6) is 0 Å². The Hall–Kier alpha value is -2.34. The molecule has 0 aliphatic carbocycles. The van der Waals surface area contributed by atoms with Gasteiger partial charge in [-0.2, -0.15) is 0 Å². The average molecular weight is 313 g/mol. The summed E-state index contributed by atoms with van der Waals surface area (Å²) in [6, 6.07) is 11.3. The zero-order chi connectivity index (χ0) is 15.5. The van der Waals surface area contributed by atoms with Gasteiger partial charge in [-0.1, -0.05) is 12.1 Å². The van der Waals surface area contributed by atoms with Crippen LogP contribution in [0.4, 0.5) is 11.5 Å². The van der Waals surface area contributed by atoms with Gasteiger partial charge in [-0.25, -0.2) is 4.98 Å². The molecule has 1 aromatic carbocycles. The molecule has 112 valence electrons. The maximum absolute atomic E-state index is 12.2. The molecule has 0 spiro atoms. The third-order valence-electron chi connectivity index (χ3n) is 3.29. The van der Waals surface area contributed by atoms with Crippen LogP contribution in [0.3, 0.4) is 0 Å². The second kappa shape index (κ2) is 6.19. The first kappa shape index (κ1) is 14.6. The molecule has 2 amide bonds. The van der Waals surface area contributed by atoms with Gasteiger partial charge < -0.3 is 10.2 Å². The number of aryl methyl sites for hydroxylation is 1. The van der Waals surface area contributed by atoms with Gasteiger partial charge in [-0.15, -0.1) is 11.8 Å². The average Bonchev–Trinajstić information content (AvgIpc) is 2.50. The number of nitrogens with zero attached hydrogens (tertiary/aromatic N) is 2. The Morgan fingerprint density at radius 1 is 1.36 bits per heavy atom. The number of nitrogens with one attached hydrogen (secondary N) is 1. The highest BCUT2D eigenvalue weighted by molar-refractivity contribution is 8.00. The number of fused-ring (bicyclic) bond motifs is 1. The van der Waals surface area contributed by atoms with Gasteiger partial charge in [0.15, 0.2) is 0 Å². The van der Waals surface area contributed by atoms with Crippen LogP contribution in [0.2, 0.25) is 0 Å². The maximum atomic E-state index is 12.2. The second-order valence-corrected chi connectivity index (χ2v) is 6.02. The molecule has 0 fully saturated rings. The van der Waals surface area contributed by atoms with Crippen LogP contribution in [-0.2, 0) is 9.59 Å². The molecule has 1 aliphatic rings. The van der Waals surface area contributed by atoms with Crippen molar-refractivity contribution < 1.29 is 9.59 Å². The molecule has 0 saturated carbocycles. The predicted octanol–water partition coefficient (Wildman–Crippen LogP) is 2.47. The lowest BCUT2D eigenvalue weighted by Crippen LogP contribution is -2.41. The largest absolute Gasteiger partial charge is 0.309 e. The van der Waals surface area contributed by atoms with Crippen LogP contribution in [-0.4, -0.2) is 29.1 Å². The third kappa shape index (κ3) is 3.12. The van der Waals surface area contributed by atoms with Gasteiger partial charge in [0, 0.05) is 11.1 Å². The van der Waals surface area contributed by atoms with E-state index in [4.69, 9.17) is 0 Å². The minimum atomic E-state index is -0.256. The smallest absolute Gasteiger partial charge is 0.245 e. The van der Waals surface area contributed by atoms with E-state index in [9.17, 15) is 9.59 Å². The highest BCUT2D eigenvalue weighted by atomic mass is 32.2. The molecule has 0 radical (unpaired) electrons. The standard InChI is InChI=1S/C16H15N3O2S/c1-11-6-7-17-14(8-11)18-15(20)9-19-12-4-2-3-5-13(12)22-10-16(19)21/h2-8H,9-10H2,1H3,(H,17,18,20). The molecule has 0 bridgehead atoms. The molecular weight excluding hydrogens is 298 g/mol. The van der Waals surface area contributed by atoms with Crippen molar-refractivity contribution in [2.24, 2.45) is 0 Å². The van der Waals surface area contributed by atoms with Crippen molar-refractivity contribution in [2.45, 2.75) is 11.8 Å². The summed E-state index contributed by atoms with van der Waals surface area (Å²) >= 11 is 1.50. The summed E-state index contributed by atoms with van der Waals surface area (Å²) in [5, 5.41) is 2.73. The van der Waals surface area contributed by atoms with Crippen LogP contribution >= 0.6 is 11.8 Å². The molecular formula is C16H15N3O2S. The number of hydrogen-bond acceptors (Lipinski definition) is 4. The number of pyridine rings is 1. The topological polar surface area (TPSA) is 62.3 Å². The summed E-state index contributed by atoms with van der Waals surface area (Å²) in [7, 11) is 0. The van der Waals surface area contributed by atoms with E-state index in [0.29, 0.717) is 11.6 Å². The van der Waals surface area contributed by atoms with Crippen LogP contribution in [0.15, 0.2) is 47.5 Å². The Balaban J connectivity index is 1.75. The molecule has 6 heteroatoms. The van der Waals surface area contributed by atoms with Gasteiger partial charge in [-0.3, -0.25) is 9.59 Å². The zero-order valence-electron chi connectivity index (χ0n) is 12.1. The van der Waals surface area contributed by atoms with Gasteiger partial charge in [0.05, 0.1) is 11.4 Å². The Morgan fingerprint density at radius 2 is 2.18 bits per heavy atom. The van der Waals surface area contributed by atoms with Gasteiger partial charge in [0.25, 0.3) is 0 Å². The van der Waals surface area contributed by atoms with E-state index in [1.165, 1.54) is 16.7 Å². The third-order valence-corrected chi connectivity index (χ3v) is 4.34. The van der Waals surface area contributed by atoms with Crippen molar-refractivity contribution >= 4 is 35.1 Å². The van der Waals surface area contributed by atoms with Crippen molar-refractivity contribution in [3.63, 3.8) is 0 Å². The fourth-order valence-electron chi connectivity index (χ4n) is 2.26. The fraction of sp³-hybridized carbons (Fsp3) is 0.188. The number of benzene rings is 1. The van der Waals surface area contributed by atoms with Gasteiger partial charge >= 0.3 is 0 Å². The summed E-state index contributed by atoms with van der Waals surface area (Å²) in [4.78, 5) is 30.9. The highest BCUT2D eigenvalue weighted by Gasteiger charge is 2.26. The van der Waals surface area contributed by atoms with Gasteiger partial charge in [-0.05, 0) is 36.8 Å². The summed E-state index contributed by atoms with van der Waals surface area (Å²) in [5.74, 6) is 0.536. The molecule has 1 aromatic heterocycles. The lowest BCUT2D eigenvalue weighted by Gasteiger charge is -2.28. The lowest BCUT2D eigenvalue weighted by molar-refractivity contribution is -0.120. The normalized spacial score (nSPS) is 13.7. The number of rotatable bonds is 3. The molecule has 2 heterocycles. The van der Waals surface area contributed by atoms with E-state index in [-0.39, 0.29) is 18.4 Å². The van der Waals surface area contributed by atoms with Crippen LogP contribution in [0.1, 0.15) is 5.56 Å². The summed E-state index contributed by atoms with van der Waals surface area (Å²) in [6.07, 6.45) is 1.64. The van der Waals surface area contributed by atoms with Crippen molar-refractivity contribution in [1.29, 1.82) is 0 Å². The molecule has 22 heavy (non-hydrogen) atoms. The van der Waals surface area contributed by atoms with Crippen molar-refractivity contribution in [3.8, 4) is 0 Å². The van der Waals surface area contributed by atoms with E-state index in [1.807, 2.05) is 37.3 Å². The Kier molecular flexibility index (Phi) is 4.11. The SMILES string of the molecule is Cc1ccnc(NC(=O)CN2C(=O)CSc3ccccc32)c1. The Bertz CT molecular complexity index is 733. The first-order valence-electron chi connectivity index (χ1n) is 6.88. The van der Waals surface area contributed by atoms with E-state index < -0.39 is 0 Å². The number of thioether (sulfide) groups is 1.